The maximum Gasteiger partial charge on any atom is 0.159 e. The number of aliphatic imine (C=N–C) groups is 1. The number of anilines is 2. The Hall–Kier alpha value is -1.83. The largest absolute Gasteiger partial charge is 0.378 e. The second kappa shape index (κ2) is 7.98. The highest BCUT2D eigenvalue weighted by Gasteiger charge is 2.21. The summed E-state index contributed by atoms with van der Waals surface area (Å²) in [6.07, 6.45) is 2.89. The summed E-state index contributed by atoms with van der Waals surface area (Å²) in [7, 11) is 3.48. The third-order valence-electron chi connectivity index (χ3n) is 3.77. The van der Waals surface area contributed by atoms with Gasteiger partial charge in [0.1, 0.15) is 5.82 Å². The Morgan fingerprint density at radius 1 is 1.45 bits per heavy atom. The fourth-order valence-electron chi connectivity index (χ4n) is 2.47. The van der Waals surface area contributed by atoms with E-state index in [0.717, 1.165) is 44.0 Å². The van der Waals surface area contributed by atoms with Crippen molar-refractivity contribution < 1.29 is 0 Å². The van der Waals surface area contributed by atoms with Crippen molar-refractivity contribution in [2.75, 3.05) is 37.4 Å². The molecule has 1 saturated heterocycles. The average molecular weight is 321 g/mol. The third-order valence-corrected chi connectivity index (χ3v) is 4.57. The molecule has 1 aliphatic rings. The lowest BCUT2D eigenvalue weighted by molar-refractivity contribution is 0.416. The number of nitrogens with zero attached hydrogens (tertiary/aromatic N) is 4. The molecule has 0 aromatic carbocycles. The minimum absolute atomic E-state index is 0.460. The molecule has 120 valence electrons. The van der Waals surface area contributed by atoms with Gasteiger partial charge in [0.25, 0.3) is 0 Å². The van der Waals surface area contributed by atoms with E-state index >= 15 is 0 Å². The summed E-state index contributed by atoms with van der Waals surface area (Å²) in [5.41, 5.74) is 5.64. The van der Waals surface area contributed by atoms with Crippen LogP contribution in [-0.2, 0) is 0 Å². The van der Waals surface area contributed by atoms with Crippen molar-refractivity contribution in [1.82, 2.24) is 10.2 Å². The SMILES string of the molecule is CN=C(N)SC(=N)CC1CCN(c2ccc(NC)nn2)CC1. The van der Waals surface area contributed by atoms with Crippen LogP contribution in [0.5, 0.6) is 0 Å². The molecular weight excluding hydrogens is 298 g/mol. The second-order valence-electron chi connectivity index (χ2n) is 5.25. The number of nitrogens with two attached hydrogens (primary N) is 1. The molecule has 0 bridgehead atoms. The van der Waals surface area contributed by atoms with E-state index in [4.69, 9.17) is 11.1 Å². The molecule has 1 aromatic rings. The van der Waals surface area contributed by atoms with Gasteiger partial charge in [-0.15, -0.1) is 10.2 Å². The predicted octanol–water partition coefficient (Wildman–Crippen LogP) is 1.78. The van der Waals surface area contributed by atoms with Crippen LogP contribution in [0, 0.1) is 11.3 Å². The Morgan fingerprint density at radius 3 is 2.73 bits per heavy atom. The molecule has 0 radical (unpaired) electrons. The lowest BCUT2D eigenvalue weighted by Crippen LogP contribution is -2.35. The van der Waals surface area contributed by atoms with Crippen LogP contribution in [0.25, 0.3) is 0 Å². The number of piperidine rings is 1. The summed E-state index contributed by atoms with van der Waals surface area (Å²) < 4.78 is 0. The first-order valence-corrected chi connectivity index (χ1v) is 8.18. The molecule has 0 spiro atoms. The van der Waals surface area contributed by atoms with Crippen molar-refractivity contribution in [3.05, 3.63) is 12.1 Å². The molecule has 0 atom stereocenters. The van der Waals surface area contributed by atoms with Crippen molar-refractivity contribution in [2.24, 2.45) is 16.6 Å². The normalized spacial score (nSPS) is 16.6. The molecule has 2 rings (SSSR count). The highest BCUT2D eigenvalue weighted by molar-refractivity contribution is 8.26. The topological polar surface area (TPSA) is 103 Å². The van der Waals surface area contributed by atoms with Crippen LogP contribution < -0.4 is 16.0 Å². The first-order chi connectivity index (χ1) is 10.6. The minimum Gasteiger partial charge on any atom is -0.378 e. The Bertz CT molecular complexity index is 520. The van der Waals surface area contributed by atoms with Gasteiger partial charge >= 0.3 is 0 Å². The number of amidine groups is 1. The Balaban J connectivity index is 1.81. The van der Waals surface area contributed by atoms with Gasteiger partial charge in [-0.1, -0.05) is 0 Å². The number of aromatic nitrogens is 2. The standard InChI is InChI=1S/C14H23N7S/c1-17-12-3-4-13(20-19-12)21-7-5-10(6-8-21)9-11(15)22-14(16)18-2/h3-4,10,15H,5-9H2,1-2H3,(H2,16,18)(H,17,19). The van der Waals surface area contributed by atoms with Gasteiger partial charge in [-0.2, -0.15) is 0 Å². The molecule has 0 aliphatic carbocycles. The molecule has 7 nitrogen and oxygen atoms in total. The maximum atomic E-state index is 7.98. The zero-order chi connectivity index (χ0) is 15.9. The molecule has 4 N–H and O–H groups in total. The summed E-state index contributed by atoms with van der Waals surface area (Å²) >= 11 is 1.26. The van der Waals surface area contributed by atoms with Crippen LogP contribution in [-0.4, -0.2) is 47.6 Å². The van der Waals surface area contributed by atoms with Crippen molar-refractivity contribution in [3.63, 3.8) is 0 Å². The minimum atomic E-state index is 0.460. The van der Waals surface area contributed by atoms with E-state index in [9.17, 15) is 0 Å². The van der Waals surface area contributed by atoms with Crippen LogP contribution in [0.1, 0.15) is 19.3 Å². The number of hydrogen-bond donors (Lipinski definition) is 3. The van der Waals surface area contributed by atoms with Gasteiger partial charge in [0, 0.05) is 27.2 Å². The quantitative estimate of drug-likeness (QED) is 0.577. The predicted molar refractivity (Wildman–Crippen MR) is 94.0 cm³/mol. The van der Waals surface area contributed by atoms with Crippen molar-refractivity contribution >= 4 is 33.6 Å². The molecule has 0 amide bonds. The number of hydrogen-bond acceptors (Lipinski definition) is 7. The number of thioether (sulfide) groups is 1. The average Bonchev–Trinajstić information content (AvgIpc) is 2.55. The molecule has 8 heteroatoms. The van der Waals surface area contributed by atoms with E-state index in [-0.39, 0.29) is 0 Å². The van der Waals surface area contributed by atoms with Crippen molar-refractivity contribution in [2.45, 2.75) is 19.3 Å². The zero-order valence-electron chi connectivity index (χ0n) is 13.0. The van der Waals surface area contributed by atoms with Gasteiger partial charge in [-0.25, -0.2) is 0 Å². The smallest absolute Gasteiger partial charge is 0.159 e. The molecule has 22 heavy (non-hydrogen) atoms. The Morgan fingerprint density at radius 2 is 2.18 bits per heavy atom. The molecule has 0 saturated carbocycles. The van der Waals surface area contributed by atoms with E-state index in [1.807, 2.05) is 19.2 Å². The van der Waals surface area contributed by atoms with Crippen LogP contribution in [0.15, 0.2) is 17.1 Å². The fourth-order valence-corrected chi connectivity index (χ4v) is 3.13. The highest BCUT2D eigenvalue weighted by Crippen LogP contribution is 2.26. The van der Waals surface area contributed by atoms with Crippen LogP contribution in [0.2, 0.25) is 0 Å². The van der Waals surface area contributed by atoms with Crippen molar-refractivity contribution in [3.8, 4) is 0 Å². The van der Waals surface area contributed by atoms with Crippen LogP contribution >= 0.6 is 11.8 Å². The molecule has 2 heterocycles. The fraction of sp³-hybridized carbons (Fsp3) is 0.571. The molecule has 1 aromatic heterocycles. The molecule has 1 fully saturated rings. The lowest BCUT2D eigenvalue weighted by atomic mass is 9.94. The van der Waals surface area contributed by atoms with Gasteiger partial charge < -0.3 is 16.0 Å². The van der Waals surface area contributed by atoms with E-state index in [1.165, 1.54) is 11.8 Å². The monoisotopic (exact) mass is 321 g/mol. The number of nitrogens with one attached hydrogen (secondary N) is 2. The molecule has 1 aliphatic heterocycles. The summed E-state index contributed by atoms with van der Waals surface area (Å²) in [6, 6.07) is 3.93. The number of rotatable bonds is 4. The lowest BCUT2D eigenvalue weighted by Gasteiger charge is -2.32. The summed E-state index contributed by atoms with van der Waals surface area (Å²) in [6.45, 7) is 1.90. The van der Waals surface area contributed by atoms with E-state index in [1.54, 1.807) is 7.05 Å². The zero-order valence-corrected chi connectivity index (χ0v) is 13.9. The van der Waals surface area contributed by atoms with Gasteiger partial charge in [0.2, 0.25) is 0 Å². The summed E-state index contributed by atoms with van der Waals surface area (Å²) in [5.74, 6) is 2.23. The van der Waals surface area contributed by atoms with Gasteiger partial charge in [-0.05, 0) is 49.1 Å². The first-order valence-electron chi connectivity index (χ1n) is 7.36. The van der Waals surface area contributed by atoms with E-state index in [2.05, 4.69) is 25.4 Å². The summed E-state index contributed by atoms with van der Waals surface area (Å²) in [4.78, 5) is 6.13. The Kier molecular flexibility index (Phi) is 6.00. The van der Waals surface area contributed by atoms with Crippen molar-refractivity contribution in [1.29, 1.82) is 5.41 Å². The van der Waals surface area contributed by atoms with Crippen LogP contribution in [0.3, 0.4) is 0 Å². The van der Waals surface area contributed by atoms with Gasteiger partial charge in [0.15, 0.2) is 11.0 Å². The maximum absolute atomic E-state index is 7.98. The molecular formula is C14H23N7S. The molecule has 0 unspecified atom stereocenters. The van der Waals surface area contributed by atoms with Gasteiger partial charge in [-0.3, -0.25) is 10.4 Å². The summed E-state index contributed by atoms with van der Waals surface area (Å²) in [5, 5.41) is 20.4. The first kappa shape index (κ1) is 16.5. The highest BCUT2D eigenvalue weighted by atomic mass is 32.2. The van der Waals surface area contributed by atoms with E-state index in [0.29, 0.717) is 16.1 Å². The van der Waals surface area contributed by atoms with Gasteiger partial charge in [0.05, 0.1) is 5.04 Å². The Labute approximate surface area is 135 Å². The van der Waals surface area contributed by atoms with Crippen LogP contribution in [0.4, 0.5) is 11.6 Å². The third kappa shape index (κ3) is 4.59. The van der Waals surface area contributed by atoms with E-state index < -0.39 is 0 Å². The second-order valence-corrected chi connectivity index (χ2v) is 6.36.